The molecule has 0 fully saturated rings. The number of carboxylic acid groups (broad SMARTS) is 1. The smallest absolute Gasteiger partial charge is 0.315 e. The summed E-state index contributed by atoms with van der Waals surface area (Å²) in [6, 6.07) is 13.0. The van der Waals surface area contributed by atoms with Crippen molar-refractivity contribution >= 4 is 12.0 Å². The van der Waals surface area contributed by atoms with E-state index >= 15 is 0 Å². The van der Waals surface area contributed by atoms with Gasteiger partial charge >= 0.3 is 12.0 Å². The van der Waals surface area contributed by atoms with Crippen molar-refractivity contribution in [1.82, 2.24) is 10.6 Å². The van der Waals surface area contributed by atoms with Crippen LogP contribution in [0.1, 0.15) is 37.5 Å². The topological polar surface area (TPSA) is 91.6 Å². The molecule has 2 rings (SSSR count). The molecule has 1 heterocycles. The number of nitrogens with one attached hydrogen (secondary N) is 2. The lowest BCUT2D eigenvalue weighted by Gasteiger charge is -2.21. The maximum Gasteiger partial charge on any atom is 0.315 e. The van der Waals surface area contributed by atoms with Gasteiger partial charge in [-0.3, -0.25) is 4.79 Å². The predicted molar refractivity (Wildman–Crippen MR) is 99.0 cm³/mol. The van der Waals surface area contributed by atoms with Gasteiger partial charge < -0.3 is 20.2 Å². The first-order valence-electron chi connectivity index (χ1n) is 8.88. The Labute approximate surface area is 153 Å². The highest BCUT2D eigenvalue weighted by Gasteiger charge is 2.16. The maximum absolute atomic E-state index is 12.3. The zero-order valence-corrected chi connectivity index (χ0v) is 15.0. The number of amides is 2. The summed E-state index contributed by atoms with van der Waals surface area (Å²) in [6.45, 7) is 1.94. The van der Waals surface area contributed by atoms with Crippen LogP contribution in [0.25, 0.3) is 0 Å². The minimum atomic E-state index is -0.864. The molecule has 0 radical (unpaired) electrons. The molecule has 2 atom stereocenters. The van der Waals surface area contributed by atoms with Crippen molar-refractivity contribution in [1.29, 1.82) is 0 Å². The van der Waals surface area contributed by atoms with E-state index in [1.54, 1.807) is 6.26 Å². The van der Waals surface area contributed by atoms with Gasteiger partial charge in [-0.1, -0.05) is 30.3 Å². The van der Waals surface area contributed by atoms with Crippen LogP contribution < -0.4 is 10.6 Å². The molecule has 3 N–H and O–H groups in total. The van der Waals surface area contributed by atoms with Crippen LogP contribution in [-0.2, 0) is 17.6 Å². The molecule has 26 heavy (non-hydrogen) atoms. The van der Waals surface area contributed by atoms with Gasteiger partial charge in [0.25, 0.3) is 0 Å². The van der Waals surface area contributed by atoms with E-state index in [9.17, 15) is 9.59 Å². The van der Waals surface area contributed by atoms with Crippen LogP contribution in [0.3, 0.4) is 0 Å². The minimum absolute atomic E-state index is 0.0167. The molecular weight excluding hydrogens is 332 g/mol. The number of rotatable bonds is 10. The number of carboxylic acids is 1. The summed E-state index contributed by atoms with van der Waals surface area (Å²) in [4.78, 5) is 23.1. The van der Waals surface area contributed by atoms with Gasteiger partial charge in [-0.15, -0.1) is 0 Å². The van der Waals surface area contributed by atoms with Gasteiger partial charge in [0, 0.05) is 24.9 Å². The number of hydrogen-bond acceptors (Lipinski definition) is 3. The van der Waals surface area contributed by atoms with E-state index in [0.29, 0.717) is 12.8 Å². The van der Waals surface area contributed by atoms with E-state index in [4.69, 9.17) is 9.52 Å². The molecular formula is C20H26N2O4. The van der Waals surface area contributed by atoms with E-state index in [-0.39, 0.29) is 24.5 Å². The summed E-state index contributed by atoms with van der Waals surface area (Å²) in [6.07, 6.45) is 4.16. The lowest BCUT2D eigenvalue weighted by atomic mass is 10.0. The zero-order chi connectivity index (χ0) is 18.8. The van der Waals surface area contributed by atoms with E-state index in [0.717, 1.165) is 24.2 Å². The highest BCUT2D eigenvalue weighted by Crippen LogP contribution is 2.09. The summed E-state index contributed by atoms with van der Waals surface area (Å²) < 4.78 is 5.29. The molecule has 2 unspecified atom stereocenters. The first-order chi connectivity index (χ1) is 12.5. The number of carbonyl (C=O) groups is 2. The molecule has 2 amide bonds. The van der Waals surface area contributed by atoms with E-state index < -0.39 is 5.97 Å². The molecule has 140 valence electrons. The highest BCUT2D eigenvalue weighted by molar-refractivity contribution is 5.74. The SMILES string of the molecule is CC(CCc1ccco1)NC(=O)NC(CCC(=O)O)Cc1ccccc1. The Bertz CT molecular complexity index is 670. The second-order valence-corrected chi connectivity index (χ2v) is 6.46. The fraction of sp³-hybridized carbons (Fsp3) is 0.400. The molecule has 0 saturated heterocycles. The maximum atomic E-state index is 12.3. The average Bonchev–Trinajstić information content (AvgIpc) is 3.12. The fourth-order valence-corrected chi connectivity index (χ4v) is 2.76. The number of benzene rings is 1. The van der Waals surface area contributed by atoms with Crippen LogP contribution in [0.4, 0.5) is 4.79 Å². The summed E-state index contributed by atoms with van der Waals surface area (Å²) in [5.41, 5.74) is 1.06. The van der Waals surface area contributed by atoms with Crippen LogP contribution in [-0.4, -0.2) is 29.2 Å². The van der Waals surface area contributed by atoms with Gasteiger partial charge in [0.05, 0.1) is 6.26 Å². The summed E-state index contributed by atoms with van der Waals surface area (Å²) >= 11 is 0. The minimum Gasteiger partial charge on any atom is -0.481 e. The van der Waals surface area contributed by atoms with E-state index in [1.807, 2.05) is 49.4 Å². The van der Waals surface area contributed by atoms with Crippen molar-refractivity contribution in [2.24, 2.45) is 0 Å². The Balaban J connectivity index is 1.82. The molecule has 6 heteroatoms. The van der Waals surface area contributed by atoms with Gasteiger partial charge in [-0.2, -0.15) is 0 Å². The molecule has 0 aliphatic heterocycles. The van der Waals surface area contributed by atoms with Crippen molar-refractivity contribution in [3.05, 3.63) is 60.1 Å². The predicted octanol–water partition coefficient (Wildman–Crippen LogP) is 3.38. The van der Waals surface area contributed by atoms with Crippen LogP contribution in [0.5, 0.6) is 0 Å². The number of carbonyl (C=O) groups excluding carboxylic acids is 1. The first-order valence-corrected chi connectivity index (χ1v) is 8.88. The molecule has 1 aromatic carbocycles. The van der Waals surface area contributed by atoms with Crippen LogP contribution in [0.15, 0.2) is 53.1 Å². The largest absolute Gasteiger partial charge is 0.481 e. The second kappa shape index (κ2) is 10.3. The summed E-state index contributed by atoms with van der Waals surface area (Å²) in [5, 5.41) is 14.7. The number of furan rings is 1. The van der Waals surface area contributed by atoms with Crippen molar-refractivity contribution in [2.45, 2.75) is 51.1 Å². The zero-order valence-electron chi connectivity index (χ0n) is 15.0. The van der Waals surface area contributed by atoms with Gasteiger partial charge in [-0.25, -0.2) is 4.79 Å². The molecule has 0 spiro atoms. The number of urea groups is 1. The van der Waals surface area contributed by atoms with Crippen LogP contribution >= 0.6 is 0 Å². The van der Waals surface area contributed by atoms with Crippen LogP contribution in [0.2, 0.25) is 0 Å². The fourth-order valence-electron chi connectivity index (χ4n) is 2.76. The lowest BCUT2D eigenvalue weighted by molar-refractivity contribution is -0.137. The van der Waals surface area contributed by atoms with Crippen molar-refractivity contribution in [3.63, 3.8) is 0 Å². The summed E-state index contributed by atoms with van der Waals surface area (Å²) in [5.74, 6) is 0.0274. The molecule has 2 aromatic rings. The van der Waals surface area contributed by atoms with Crippen LogP contribution in [0, 0.1) is 0 Å². The number of aryl methyl sites for hydroxylation is 1. The quantitative estimate of drug-likeness (QED) is 0.607. The third-order valence-corrected chi connectivity index (χ3v) is 4.15. The van der Waals surface area contributed by atoms with Crippen molar-refractivity contribution in [2.75, 3.05) is 0 Å². The molecule has 0 aliphatic rings. The molecule has 0 saturated carbocycles. The van der Waals surface area contributed by atoms with E-state index in [1.165, 1.54) is 0 Å². The van der Waals surface area contributed by atoms with Crippen molar-refractivity contribution < 1.29 is 19.1 Å². The Morgan fingerprint density at radius 2 is 1.85 bits per heavy atom. The normalized spacial score (nSPS) is 13.0. The molecule has 6 nitrogen and oxygen atoms in total. The third kappa shape index (κ3) is 7.42. The Morgan fingerprint density at radius 3 is 2.50 bits per heavy atom. The standard InChI is InChI=1S/C20H26N2O4/c1-15(9-11-18-8-5-13-26-18)21-20(25)22-17(10-12-19(23)24)14-16-6-3-2-4-7-16/h2-8,13,15,17H,9-12,14H2,1H3,(H,23,24)(H2,21,22,25). The number of aliphatic carboxylic acids is 1. The summed E-state index contributed by atoms with van der Waals surface area (Å²) in [7, 11) is 0. The Hall–Kier alpha value is -2.76. The van der Waals surface area contributed by atoms with Gasteiger partial charge in [0.1, 0.15) is 5.76 Å². The average molecular weight is 358 g/mol. The third-order valence-electron chi connectivity index (χ3n) is 4.15. The van der Waals surface area contributed by atoms with Gasteiger partial charge in [-0.05, 0) is 43.9 Å². The lowest BCUT2D eigenvalue weighted by Crippen LogP contribution is -2.46. The Kier molecular flexibility index (Phi) is 7.74. The molecule has 1 aromatic heterocycles. The molecule has 0 aliphatic carbocycles. The van der Waals surface area contributed by atoms with Gasteiger partial charge in [0.2, 0.25) is 0 Å². The monoisotopic (exact) mass is 358 g/mol. The number of hydrogen-bond donors (Lipinski definition) is 3. The van der Waals surface area contributed by atoms with Gasteiger partial charge in [0.15, 0.2) is 0 Å². The van der Waals surface area contributed by atoms with Crippen molar-refractivity contribution in [3.8, 4) is 0 Å². The molecule has 0 bridgehead atoms. The second-order valence-electron chi connectivity index (χ2n) is 6.46. The highest BCUT2D eigenvalue weighted by atomic mass is 16.4. The first kappa shape index (κ1) is 19.6. The van der Waals surface area contributed by atoms with E-state index in [2.05, 4.69) is 10.6 Å². The Morgan fingerprint density at radius 1 is 1.08 bits per heavy atom.